The fraction of sp³-hybridized carbons (Fsp3) is 0. The first kappa shape index (κ1) is 33.8. The van der Waals surface area contributed by atoms with Crippen molar-refractivity contribution >= 4 is 76.1 Å². The number of rotatable bonds is 5. The van der Waals surface area contributed by atoms with Gasteiger partial charge in [-0.1, -0.05) is 164 Å². The number of hydrogen-bond donors (Lipinski definition) is 0. The summed E-state index contributed by atoms with van der Waals surface area (Å²) in [6.45, 7) is 0. The van der Waals surface area contributed by atoms with Crippen LogP contribution >= 0.6 is 0 Å². The van der Waals surface area contributed by atoms with Gasteiger partial charge in [0.25, 0.3) is 0 Å². The molecule has 13 aromatic rings. The van der Waals surface area contributed by atoms with Gasteiger partial charge in [0.15, 0.2) is 0 Å². The predicted octanol–water partition coefficient (Wildman–Crippen LogP) is 15.9. The van der Waals surface area contributed by atoms with Gasteiger partial charge in [0.2, 0.25) is 0 Å². The van der Waals surface area contributed by atoms with Crippen molar-refractivity contribution in [2.45, 2.75) is 0 Å². The number of fused-ring (bicyclic) bond motifs is 11. The third kappa shape index (κ3) is 4.98. The maximum absolute atomic E-state index is 6.58. The molecule has 3 aromatic heterocycles. The van der Waals surface area contributed by atoms with Crippen LogP contribution in [0.25, 0.3) is 121 Å². The second-order valence-corrected chi connectivity index (χ2v) is 16.0. The maximum atomic E-state index is 6.58. The van der Waals surface area contributed by atoms with E-state index in [0.717, 1.165) is 66.9 Å². The normalized spacial score (nSPS) is 11.9. The molecule has 3 nitrogen and oxygen atoms in total. The lowest BCUT2D eigenvalue weighted by Gasteiger charge is -2.17. The Morgan fingerprint density at radius 2 is 0.705 bits per heavy atom. The summed E-state index contributed by atoms with van der Waals surface area (Å²) in [6.07, 6.45) is 0. The fourth-order valence-electron chi connectivity index (χ4n) is 10.2. The van der Waals surface area contributed by atoms with Crippen LogP contribution in [0.4, 0.5) is 0 Å². The van der Waals surface area contributed by atoms with Gasteiger partial charge in [0.05, 0.1) is 22.4 Å². The topological polar surface area (TPSA) is 23.0 Å². The molecule has 61 heavy (non-hydrogen) atoms. The largest absolute Gasteiger partial charge is 0.456 e. The lowest BCUT2D eigenvalue weighted by atomic mass is 9.90. The first-order valence-corrected chi connectivity index (χ1v) is 20.9. The summed E-state index contributed by atoms with van der Waals surface area (Å²) in [5.74, 6) is 0. The van der Waals surface area contributed by atoms with Gasteiger partial charge in [0, 0.05) is 50.1 Å². The Labute approximate surface area is 351 Å². The lowest BCUT2D eigenvalue weighted by molar-refractivity contribution is 0.668. The first-order valence-electron chi connectivity index (χ1n) is 20.9. The Morgan fingerprint density at radius 3 is 1.34 bits per heavy atom. The van der Waals surface area contributed by atoms with Crippen molar-refractivity contribution < 1.29 is 4.42 Å². The molecule has 0 saturated heterocycles. The molecule has 0 aliphatic heterocycles. The number of para-hydroxylation sites is 4. The van der Waals surface area contributed by atoms with E-state index in [1.807, 2.05) is 6.07 Å². The summed E-state index contributed by atoms with van der Waals surface area (Å²) in [7, 11) is 0. The van der Waals surface area contributed by atoms with Crippen LogP contribution in [0.2, 0.25) is 0 Å². The quantitative estimate of drug-likeness (QED) is 0.160. The van der Waals surface area contributed by atoms with Gasteiger partial charge in [-0.05, 0) is 92.0 Å². The molecule has 3 heterocycles. The van der Waals surface area contributed by atoms with E-state index in [0.29, 0.717) is 0 Å². The molecule has 0 amide bonds. The van der Waals surface area contributed by atoms with E-state index in [4.69, 9.17) is 4.42 Å². The number of furan rings is 1. The molecule has 0 radical (unpaired) electrons. The molecular formula is C58H36N2O. The Bertz CT molecular complexity index is 3830. The van der Waals surface area contributed by atoms with Crippen molar-refractivity contribution in [1.29, 1.82) is 0 Å². The van der Waals surface area contributed by atoms with Gasteiger partial charge < -0.3 is 13.6 Å². The highest BCUT2D eigenvalue weighted by molar-refractivity contribution is 6.26. The zero-order valence-corrected chi connectivity index (χ0v) is 33.1. The predicted molar refractivity (Wildman–Crippen MR) is 256 cm³/mol. The third-order valence-corrected chi connectivity index (χ3v) is 12.7. The van der Waals surface area contributed by atoms with Crippen molar-refractivity contribution in [3.8, 4) is 45.0 Å². The van der Waals surface area contributed by atoms with Crippen LogP contribution < -0.4 is 0 Å². The summed E-state index contributed by atoms with van der Waals surface area (Å²) in [5, 5.41) is 12.1. The summed E-state index contributed by atoms with van der Waals surface area (Å²) in [5.41, 5.74) is 13.2. The van der Waals surface area contributed by atoms with Crippen LogP contribution in [0, 0.1) is 0 Å². The fourth-order valence-corrected chi connectivity index (χ4v) is 10.2. The number of aromatic nitrogens is 2. The molecule has 0 unspecified atom stereocenters. The van der Waals surface area contributed by atoms with E-state index in [2.05, 4.69) is 221 Å². The molecule has 0 fully saturated rings. The highest BCUT2D eigenvalue weighted by atomic mass is 16.3. The zero-order chi connectivity index (χ0) is 40.0. The average molecular weight is 777 g/mol. The molecule has 0 aliphatic rings. The van der Waals surface area contributed by atoms with Crippen molar-refractivity contribution in [2.24, 2.45) is 0 Å². The molecule has 3 heteroatoms. The summed E-state index contributed by atoms with van der Waals surface area (Å²) in [6, 6.07) is 79.4. The van der Waals surface area contributed by atoms with Crippen molar-refractivity contribution in [2.75, 3.05) is 0 Å². The number of benzene rings is 10. The van der Waals surface area contributed by atoms with E-state index in [1.165, 1.54) is 54.2 Å². The summed E-state index contributed by atoms with van der Waals surface area (Å²) in [4.78, 5) is 0. The summed E-state index contributed by atoms with van der Waals surface area (Å²) >= 11 is 0. The van der Waals surface area contributed by atoms with E-state index in [9.17, 15) is 0 Å². The minimum atomic E-state index is 0.866. The minimum Gasteiger partial charge on any atom is -0.456 e. The molecule has 0 bridgehead atoms. The highest BCUT2D eigenvalue weighted by Gasteiger charge is 2.29. The smallest absolute Gasteiger partial charge is 0.137 e. The van der Waals surface area contributed by atoms with Gasteiger partial charge >= 0.3 is 0 Å². The molecule has 0 spiro atoms. The molecule has 0 atom stereocenters. The van der Waals surface area contributed by atoms with Crippen LogP contribution in [0.5, 0.6) is 0 Å². The molecular weight excluding hydrogens is 741 g/mol. The van der Waals surface area contributed by atoms with Crippen LogP contribution in [-0.4, -0.2) is 9.13 Å². The molecule has 284 valence electrons. The molecule has 10 aromatic carbocycles. The minimum absolute atomic E-state index is 0.866. The zero-order valence-electron chi connectivity index (χ0n) is 33.1. The van der Waals surface area contributed by atoms with Gasteiger partial charge in [-0.15, -0.1) is 0 Å². The Hall–Kier alpha value is -8.14. The molecule has 0 N–H and O–H groups in total. The molecule has 0 saturated carbocycles. The lowest BCUT2D eigenvalue weighted by Crippen LogP contribution is -1.99. The first-order chi connectivity index (χ1) is 30.3. The van der Waals surface area contributed by atoms with Gasteiger partial charge in [-0.3, -0.25) is 0 Å². The van der Waals surface area contributed by atoms with Crippen LogP contribution in [0.1, 0.15) is 0 Å². The van der Waals surface area contributed by atoms with Gasteiger partial charge in [-0.25, -0.2) is 0 Å². The van der Waals surface area contributed by atoms with E-state index >= 15 is 0 Å². The average Bonchev–Trinajstić information content (AvgIpc) is 3.99. The van der Waals surface area contributed by atoms with Gasteiger partial charge in [0.1, 0.15) is 11.2 Å². The SMILES string of the molecule is c1ccc(-c2c(-c3c(-c4ccc5c6ccccc6c6ccccc6c5c4)n(-c4ccc5c(c4)oc4ccccc45)c4ccccc34)c3ccccc3n2-c2ccccc2)cc1. The third-order valence-electron chi connectivity index (χ3n) is 12.7. The Kier molecular flexibility index (Phi) is 7.31. The number of nitrogens with zero attached hydrogens (tertiary/aromatic N) is 2. The second-order valence-electron chi connectivity index (χ2n) is 16.0. The second kappa shape index (κ2) is 13.2. The van der Waals surface area contributed by atoms with Crippen molar-refractivity contribution in [1.82, 2.24) is 9.13 Å². The van der Waals surface area contributed by atoms with E-state index in [1.54, 1.807) is 0 Å². The van der Waals surface area contributed by atoms with Crippen LogP contribution in [0.15, 0.2) is 223 Å². The summed E-state index contributed by atoms with van der Waals surface area (Å²) < 4.78 is 11.5. The van der Waals surface area contributed by atoms with E-state index < -0.39 is 0 Å². The Morgan fingerprint density at radius 1 is 0.262 bits per heavy atom. The van der Waals surface area contributed by atoms with Crippen LogP contribution in [-0.2, 0) is 0 Å². The molecule has 0 aliphatic carbocycles. The standard InChI is InChI=1S/C58H36N2O/c1-3-17-37(18-4-1)57-55(48-26-11-14-28-51(48)59(57)39-19-5-2-6-20-39)56-49-27-12-15-29-52(49)60(40-32-34-47-46-25-13-16-30-53(46)61-54(47)36-40)58(56)38-31-33-45-43-23-8-7-21-41(43)42-22-9-10-24-44(42)50(45)35-38/h1-36H. The Balaban J connectivity index is 1.22. The van der Waals surface area contributed by atoms with Crippen LogP contribution in [0.3, 0.4) is 0 Å². The molecule has 13 rings (SSSR count). The monoisotopic (exact) mass is 776 g/mol. The maximum Gasteiger partial charge on any atom is 0.137 e. The van der Waals surface area contributed by atoms with Crippen molar-refractivity contribution in [3.63, 3.8) is 0 Å². The number of hydrogen-bond acceptors (Lipinski definition) is 1. The highest BCUT2D eigenvalue weighted by Crippen LogP contribution is 2.51. The van der Waals surface area contributed by atoms with Crippen molar-refractivity contribution in [3.05, 3.63) is 218 Å². The van der Waals surface area contributed by atoms with E-state index in [-0.39, 0.29) is 0 Å². The van der Waals surface area contributed by atoms with Gasteiger partial charge in [-0.2, -0.15) is 0 Å².